The van der Waals surface area contributed by atoms with Crippen molar-refractivity contribution in [1.29, 1.82) is 0 Å². The van der Waals surface area contributed by atoms with Crippen LogP contribution in [0.15, 0.2) is 53.3 Å². The summed E-state index contributed by atoms with van der Waals surface area (Å²) in [6, 6.07) is 16.8. The summed E-state index contributed by atoms with van der Waals surface area (Å²) < 4.78 is 1.69. The Bertz CT molecular complexity index is 1020. The second kappa shape index (κ2) is 6.82. The molecule has 0 saturated carbocycles. The van der Waals surface area contributed by atoms with Gasteiger partial charge in [0, 0.05) is 32.1 Å². The lowest BCUT2D eigenvalue weighted by Crippen LogP contribution is -2.35. The normalized spacial score (nSPS) is 20.0. The lowest BCUT2D eigenvalue weighted by atomic mass is 9.93. The molecular weight excluding hydrogens is 336 g/mol. The number of hydrogen-bond donors (Lipinski definition) is 0. The number of rotatable bonds is 3. The molecule has 0 amide bonds. The largest absolute Gasteiger partial charge is 0.340 e. The van der Waals surface area contributed by atoms with Gasteiger partial charge >= 0.3 is 0 Å². The lowest BCUT2D eigenvalue weighted by Gasteiger charge is -2.25. The Labute approximate surface area is 159 Å². The van der Waals surface area contributed by atoms with Gasteiger partial charge in [0.15, 0.2) is 0 Å². The van der Waals surface area contributed by atoms with E-state index in [9.17, 15) is 4.79 Å². The van der Waals surface area contributed by atoms with E-state index in [1.165, 1.54) is 11.1 Å². The first kappa shape index (κ1) is 17.7. The van der Waals surface area contributed by atoms with Gasteiger partial charge in [-0.05, 0) is 38.7 Å². The first-order valence-corrected chi connectivity index (χ1v) is 9.39. The smallest absolute Gasteiger partial charge is 0.262 e. The molecule has 1 saturated heterocycles. The van der Waals surface area contributed by atoms with Crippen LogP contribution in [0.3, 0.4) is 0 Å². The van der Waals surface area contributed by atoms with E-state index in [2.05, 4.69) is 55.1 Å². The zero-order valence-corrected chi connectivity index (χ0v) is 16.4. The maximum atomic E-state index is 12.8. The van der Waals surface area contributed by atoms with Gasteiger partial charge in [-0.15, -0.1) is 0 Å². The molecular formula is C22H26N4O. The molecule has 5 heteroatoms. The molecule has 2 heterocycles. The van der Waals surface area contributed by atoms with E-state index in [-0.39, 0.29) is 5.56 Å². The van der Waals surface area contributed by atoms with Crippen LogP contribution >= 0.6 is 0 Å². The minimum Gasteiger partial charge on any atom is -0.340 e. The Morgan fingerprint density at radius 3 is 2.44 bits per heavy atom. The number of likely N-dealkylation sites (N-methyl/N-ethyl adjacent to an activating group) is 1. The molecule has 3 aromatic rings. The number of benzene rings is 2. The monoisotopic (exact) mass is 362 g/mol. The van der Waals surface area contributed by atoms with E-state index in [0.717, 1.165) is 24.6 Å². The molecule has 27 heavy (non-hydrogen) atoms. The molecule has 0 aliphatic carbocycles. The number of hydrogen-bond acceptors (Lipinski definition) is 4. The van der Waals surface area contributed by atoms with E-state index in [4.69, 9.17) is 4.98 Å². The van der Waals surface area contributed by atoms with Crippen LogP contribution in [0.2, 0.25) is 0 Å². The second-order valence-corrected chi connectivity index (χ2v) is 7.75. The van der Waals surface area contributed by atoms with Gasteiger partial charge in [0.1, 0.15) is 0 Å². The second-order valence-electron chi connectivity index (χ2n) is 7.75. The standard InChI is InChI=1S/C22H26N4O/c1-15-9-11-16(12-10-15)18-13-26(14-20(18)24(2)3)22-23-19-8-6-5-7-17(19)21(27)25(22)4/h5-12,18,20H,13-14H2,1-4H3. The van der Waals surface area contributed by atoms with Gasteiger partial charge in [0.05, 0.1) is 10.9 Å². The molecule has 1 aliphatic heterocycles. The van der Waals surface area contributed by atoms with Crippen LogP contribution in [-0.2, 0) is 7.05 Å². The van der Waals surface area contributed by atoms with Crippen molar-refractivity contribution >= 4 is 16.9 Å². The van der Waals surface area contributed by atoms with E-state index in [1.54, 1.807) is 4.57 Å². The molecule has 2 atom stereocenters. The van der Waals surface area contributed by atoms with Crippen molar-refractivity contribution in [3.63, 3.8) is 0 Å². The van der Waals surface area contributed by atoms with Crippen LogP contribution in [-0.4, -0.2) is 47.7 Å². The molecule has 1 aliphatic rings. The highest BCUT2D eigenvalue weighted by Crippen LogP contribution is 2.32. The average molecular weight is 362 g/mol. The van der Waals surface area contributed by atoms with Crippen molar-refractivity contribution in [3.8, 4) is 0 Å². The molecule has 2 unspecified atom stereocenters. The summed E-state index contributed by atoms with van der Waals surface area (Å²) in [5, 5.41) is 0.669. The van der Waals surface area contributed by atoms with Crippen molar-refractivity contribution in [2.75, 3.05) is 32.1 Å². The van der Waals surface area contributed by atoms with Gasteiger partial charge in [0.25, 0.3) is 5.56 Å². The van der Waals surface area contributed by atoms with E-state index < -0.39 is 0 Å². The van der Waals surface area contributed by atoms with E-state index >= 15 is 0 Å². The van der Waals surface area contributed by atoms with Crippen molar-refractivity contribution in [2.24, 2.45) is 7.05 Å². The highest BCUT2D eigenvalue weighted by molar-refractivity contribution is 5.78. The summed E-state index contributed by atoms with van der Waals surface area (Å²) in [6.07, 6.45) is 0. The molecule has 0 N–H and O–H groups in total. The minimum absolute atomic E-state index is 0.00999. The third-order valence-corrected chi connectivity index (χ3v) is 5.70. The van der Waals surface area contributed by atoms with Crippen LogP contribution in [0, 0.1) is 6.92 Å². The summed E-state index contributed by atoms with van der Waals surface area (Å²) in [5.41, 5.74) is 3.38. The Morgan fingerprint density at radius 2 is 1.74 bits per heavy atom. The number of aryl methyl sites for hydroxylation is 1. The van der Waals surface area contributed by atoms with Crippen LogP contribution in [0.4, 0.5) is 5.95 Å². The summed E-state index contributed by atoms with van der Waals surface area (Å²) in [5.74, 6) is 1.13. The zero-order chi connectivity index (χ0) is 19.1. The highest BCUT2D eigenvalue weighted by atomic mass is 16.1. The zero-order valence-electron chi connectivity index (χ0n) is 16.4. The fourth-order valence-electron chi connectivity index (χ4n) is 4.10. The minimum atomic E-state index is 0.00999. The maximum Gasteiger partial charge on any atom is 0.262 e. The molecule has 1 aromatic heterocycles. The summed E-state index contributed by atoms with van der Waals surface area (Å²) in [4.78, 5) is 22.2. The number of nitrogens with zero attached hydrogens (tertiary/aromatic N) is 4. The summed E-state index contributed by atoms with van der Waals surface area (Å²) in [7, 11) is 6.07. The molecule has 1 fully saturated rings. The molecule has 4 rings (SSSR count). The lowest BCUT2D eigenvalue weighted by molar-refractivity contribution is 0.292. The molecule has 2 aromatic carbocycles. The Kier molecular flexibility index (Phi) is 4.48. The number of fused-ring (bicyclic) bond motifs is 1. The van der Waals surface area contributed by atoms with Crippen molar-refractivity contribution in [1.82, 2.24) is 14.5 Å². The van der Waals surface area contributed by atoms with Gasteiger partial charge in [-0.2, -0.15) is 0 Å². The Morgan fingerprint density at radius 1 is 1.04 bits per heavy atom. The third-order valence-electron chi connectivity index (χ3n) is 5.70. The molecule has 140 valence electrons. The molecule has 0 radical (unpaired) electrons. The van der Waals surface area contributed by atoms with Gasteiger partial charge in [-0.25, -0.2) is 4.98 Å². The molecule has 5 nitrogen and oxygen atoms in total. The van der Waals surface area contributed by atoms with Crippen LogP contribution in [0.5, 0.6) is 0 Å². The van der Waals surface area contributed by atoms with Crippen LogP contribution in [0.25, 0.3) is 10.9 Å². The third kappa shape index (κ3) is 3.12. The predicted octanol–water partition coefficient (Wildman–Crippen LogP) is 2.78. The number of anilines is 1. The SMILES string of the molecule is Cc1ccc(C2CN(c3nc4ccccc4c(=O)n3C)CC2N(C)C)cc1. The highest BCUT2D eigenvalue weighted by Gasteiger charge is 2.36. The predicted molar refractivity (Wildman–Crippen MR) is 111 cm³/mol. The van der Waals surface area contributed by atoms with Crippen molar-refractivity contribution in [2.45, 2.75) is 18.9 Å². The Hall–Kier alpha value is -2.66. The quantitative estimate of drug-likeness (QED) is 0.718. The van der Waals surface area contributed by atoms with Crippen molar-refractivity contribution < 1.29 is 0 Å². The first-order valence-electron chi connectivity index (χ1n) is 9.39. The van der Waals surface area contributed by atoms with Gasteiger partial charge in [-0.1, -0.05) is 42.0 Å². The average Bonchev–Trinajstić information content (AvgIpc) is 3.11. The van der Waals surface area contributed by atoms with Gasteiger partial charge < -0.3 is 9.80 Å². The van der Waals surface area contributed by atoms with Gasteiger partial charge in [-0.3, -0.25) is 9.36 Å². The van der Waals surface area contributed by atoms with E-state index in [0.29, 0.717) is 17.3 Å². The fourth-order valence-corrected chi connectivity index (χ4v) is 4.10. The van der Waals surface area contributed by atoms with Crippen LogP contribution in [0.1, 0.15) is 17.0 Å². The van der Waals surface area contributed by atoms with Crippen LogP contribution < -0.4 is 10.5 Å². The first-order chi connectivity index (χ1) is 13.0. The molecule has 0 spiro atoms. The molecule has 0 bridgehead atoms. The Balaban J connectivity index is 1.75. The maximum absolute atomic E-state index is 12.8. The number of aromatic nitrogens is 2. The summed E-state index contributed by atoms with van der Waals surface area (Å²) in [6.45, 7) is 3.82. The summed E-state index contributed by atoms with van der Waals surface area (Å²) >= 11 is 0. The number of para-hydroxylation sites is 1. The van der Waals surface area contributed by atoms with E-state index in [1.807, 2.05) is 31.3 Å². The topological polar surface area (TPSA) is 41.4 Å². The van der Waals surface area contributed by atoms with Gasteiger partial charge in [0.2, 0.25) is 5.95 Å². The fraction of sp³-hybridized carbons (Fsp3) is 0.364. The van der Waals surface area contributed by atoms with Crippen molar-refractivity contribution in [3.05, 3.63) is 70.0 Å².